The Hall–Kier alpha value is -1.41. The molecular weight excluding hydrogens is 256 g/mol. The van der Waals surface area contributed by atoms with Crippen LogP contribution in [-0.2, 0) is 14.8 Å². The molecule has 1 aromatic rings. The Morgan fingerprint density at radius 2 is 2.00 bits per heavy atom. The first-order chi connectivity index (χ1) is 8.43. The van der Waals surface area contributed by atoms with Gasteiger partial charge in [0, 0.05) is 26.1 Å². The first kappa shape index (κ1) is 13.0. The second-order valence-corrected chi connectivity index (χ2v) is 6.14. The lowest BCUT2D eigenvalue weighted by Crippen LogP contribution is -2.34. The van der Waals surface area contributed by atoms with E-state index in [0.29, 0.717) is 17.9 Å². The third-order valence-electron chi connectivity index (χ3n) is 2.93. The molecule has 0 unspecified atom stereocenters. The van der Waals surface area contributed by atoms with Crippen LogP contribution in [0.15, 0.2) is 4.90 Å². The maximum atomic E-state index is 12.5. The Morgan fingerprint density at radius 3 is 2.61 bits per heavy atom. The Kier molecular flexibility index (Phi) is 3.40. The number of aromatic amines is 1. The van der Waals surface area contributed by atoms with Crippen LogP contribution in [0, 0.1) is 13.8 Å². The number of amides is 1. The number of nitrogens with one attached hydrogen (secondary N) is 2. The molecule has 2 heterocycles. The number of hydrogen-bond donors (Lipinski definition) is 2. The maximum Gasteiger partial charge on any atom is 0.246 e. The number of hydrogen-bond acceptors (Lipinski definition) is 4. The number of aryl methyl sites for hydroxylation is 2. The Morgan fingerprint density at radius 1 is 1.28 bits per heavy atom. The van der Waals surface area contributed by atoms with Crippen molar-refractivity contribution >= 4 is 15.9 Å². The van der Waals surface area contributed by atoms with Gasteiger partial charge in [0.15, 0.2) is 0 Å². The molecule has 7 nitrogen and oxygen atoms in total. The molecule has 1 aliphatic rings. The van der Waals surface area contributed by atoms with E-state index in [0.717, 1.165) is 0 Å². The molecule has 1 aromatic heterocycles. The van der Waals surface area contributed by atoms with Crippen molar-refractivity contribution in [2.45, 2.75) is 25.2 Å². The third-order valence-corrected chi connectivity index (χ3v) is 5.09. The number of sulfonamides is 1. The lowest BCUT2D eigenvalue weighted by molar-refractivity contribution is -0.120. The number of carbonyl (C=O) groups is 1. The molecule has 0 spiro atoms. The van der Waals surface area contributed by atoms with Gasteiger partial charge in [-0.2, -0.15) is 9.40 Å². The summed E-state index contributed by atoms with van der Waals surface area (Å²) in [5.41, 5.74) is 0.979. The van der Waals surface area contributed by atoms with Gasteiger partial charge in [-0.25, -0.2) is 8.42 Å². The van der Waals surface area contributed by atoms with Gasteiger partial charge < -0.3 is 5.32 Å². The van der Waals surface area contributed by atoms with Gasteiger partial charge in [-0.05, 0) is 13.8 Å². The lowest BCUT2D eigenvalue weighted by atomic mass is 10.4. The van der Waals surface area contributed by atoms with Gasteiger partial charge in [0.25, 0.3) is 0 Å². The van der Waals surface area contributed by atoms with Crippen molar-refractivity contribution in [3.05, 3.63) is 11.4 Å². The average Bonchev–Trinajstić information content (AvgIpc) is 2.51. The predicted octanol–water partition coefficient (Wildman–Crippen LogP) is -0.463. The van der Waals surface area contributed by atoms with Crippen LogP contribution in [0.25, 0.3) is 0 Å². The molecule has 2 rings (SSSR count). The average molecular weight is 272 g/mol. The van der Waals surface area contributed by atoms with E-state index in [2.05, 4.69) is 15.5 Å². The molecule has 1 saturated heterocycles. The van der Waals surface area contributed by atoms with Gasteiger partial charge in [0.05, 0.1) is 11.4 Å². The zero-order valence-electron chi connectivity index (χ0n) is 10.4. The van der Waals surface area contributed by atoms with Crippen LogP contribution in [-0.4, -0.2) is 48.5 Å². The van der Waals surface area contributed by atoms with Crippen LogP contribution >= 0.6 is 0 Å². The molecule has 0 aromatic carbocycles. The highest BCUT2D eigenvalue weighted by atomic mass is 32.2. The van der Waals surface area contributed by atoms with Crippen molar-refractivity contribution in [1.82, 2.24) is 19.8 Å². The Labute approximate surface area is 106 Å². The normalized spacial score (nSPS) is 18.4. The van der Waals surface area contributed by atoms with Crippen LogP contribution < -0.4 is 5.32 Å². The lowest BCUT2D eigenvalue weighted by Gasteiger charge is -2.19. The second kappa shape index (κ2) is 4.69. The first-order valence-corrected chi connectivity index (χ1v) is 7.15. The van der Waals surface area contributed by atoms with Gasteiger partial charge in [0.1, 0.15) is 4.90 Å². The molecule has 100 valence electrons. The van der Waals surface area contributed by atoms with Crippen molar-refractivity contribution in [3.8, 4) is 0 Å². The predicted molar refractivity (Wildman–Crippen MR) is 64.4 cm³/mol. The van der Waals surface area contributed by atoms with Crippen molar-refractivity contribution in [2.24, 2.45) is 0 Å². The van der Waals surface area contributed by atoms with Gasteiger partial charge in [-0.15, -0.1) is 0 Å². The summed E-state index contributed by atoms with van der Waals surface area (Å²) >= 11 is 0. The molecule has 18 heavy (non-hydrogen) atoms. The summed E-state index contributed by atoms with van der Waals surface area (Å²) in [6.07, 6.45) is 0.190. The highest BCUT2D eigenvalue weighted by Gasteiger charge is 2.30. The Bertz CT molecular complexity index is 544. The maximum absolute atomic E-state index is 12.5. The van der Waals surface area contributed by atoms with E-state index in [9.17, 15) is 13.2 Å². The number of nitrogens with zero attached hydrogens (tertiary/aromatic N) is 2. The first-order valence-electron chi connectivity index (χ1n) is 5.71. The van der Waals surface area contributed by atoms with Gasteiger partial charge >= 0.3 is 0 Å². The topological polar surface area (TPSA) is 95.2 Å². The Balaban J connectivity index is 2.34. The molecule has 2 N–H and O–H groups in total. The summed E-state index contributed by atoms with van der Waals surface area (Å²) in [7, 11) is -3.58. The van der Waals surface area contributed by atoms with E-state index in [-0.39, 0.29) is 30.3 Å². The van der Waals surface area contributed by atoms with Crippen LogP contribution in [0.5, 0.6) is 0 Å². The highest BCUT2D eigenvalue weighted by Crippen LogP contribution is 2.21. The smallest absolute Gasteiger partial charge is 0.246 e. The minimum absolute atomic E-state index is 0.117. The van der Waals surface area contributed by atoms with Crippen molar-refractivity contribution < 1.29 is 13.2 Å². The van der Waals surface area contributed by atoms with E-state index in [1.807, 2.05) is 0 Å². The quantitative estimate of drug-likeness (QED) is 0.761. The summed E-state index contributed by atoms with van der Waals surface area (Å²) < 4.78 is 26.3. The zero-order valence-corrected chi connectivity index (χ0v) is 11.2. The summed E-state index contributed by atoms with van der Waals surface area (Å²) in [5.74, 6) is -0.117. The third kappa shape index (κ3) is 2.25. The molecule has 0 aliphatic carbocycles. The van der Waals surface area contributed by atoms with E-state index in [4.69, 9.17) is 0 Å². The minimum Gasteiger partial charge on any atom is -0.355 e. The highest BCUT2D eigenvalue weighted by molar-refractivity contribution is 7.89. The van der Waals surface area contributed by atoms with Crippen molar-refractivity contribution in [2.75, 3.05) is 19.6 Å². The van der Waals surface area contributed by atoms with Crippen LogP contribution in [0.1, 0.15) is 17.8 Å². The monoisotopic (exact) mass is 272 g/mol. The number of aromatic nitrogens is 2. The molecule has 0 saturated carbocycles. The fourth-order valence-corrected chi connectivity index (χ4v) is 3.81. The molecule has 8 heteroatoms. The standard InChI is InChI=1S/C10H16N4O3S/c1-7-10(8(2)13-12-7)18(16,17)14-5-3-9(15)11-4-6-14/h3-6H2,1-2H3,(H,11,15)(H,12,13). The largest absolute Gasteiger partial charge is 0.355 e. The second-order valence-electron chi connectivity index (χ2n) is 4.27. The zero-order chi connectivity index (χ0) is 13.3. The SMILES string of the molecule is Cc1n[nH]c(C)c1S(=O)(=O)N1CCNC(=O)CC1. The summed E-state index contributed by atoms with van der Waals surface area (Å²) in [6, 6.07) is 0. The number of carbonyl (C=O) groups excluding carboxylic acids is 1. The van der Waals surface area contributed by atoms with E-state index in [1.54, 1.807) is 13.8 Å². The van der Waals surface area contributed by atoms with Gasteiger partial charge in [-0.3, -0.25) is 9.89 Å². The minimum atomic E-state index is -3.58. The van der Waals surface area contributed by atoms with Crippen LogP contribution in [0.3, 0.4) is 0 Å². The fourth-order valence-electron chi connectivity index (χ4n) is 2.04. The summed E-state index contributed by atoms with van der Waals surface area (Å²) in [6.45, 7) is 4.16. The summed E-state index contributed by atoms with van der Waals surface area (Å²) in [4.78, 5) is 11.4. The van der Waals surface area contributed by atoms with Crippen molar-refractivity contribution in [3.63, 3.8) is 0 Å². The van der Waals surface area contributed by atoms with Crippen LogP contribution in [0.2, 0.25) is 0 Å². The molecule has 0 bridgehead atoms. The van der Waals surface area contributed by atoms with E-state index < -0.39 is 10.0 Å². The van der Waals surface area contributed by atoms with E-state index >= 15 is 0 Å². The molecule has 1 fully saturated rings. The summed E-state index contributed by atoms with van der Waals surface area (Å²) in [5, 5.41) is 9.22. The molecule has 1 amide bonds. The number of rotatable bonds is 2. The van der Waals surface area contributed by atoms with Crippen LogP contribution in [0.4, 0.5) is 0 Å². The molecular formula is C10H16N4O3S. The van der Waals surface area contributed by atoms with Gasteiger partial charge in [-0.1, -0.05) is 0 Å². The number of H-pyrrole nitrogens is 1. The molecule has 0 radical (unpaired) electrons. The van der Waals surface area contributed by atoms with Crippen molar-refractivity contribution in [1.29, 1.82) is 0 Å². The fraction of sp³-hybridized carbons (Fsp3) is 0.600. The van der Waals surface area contributed by atoms with Gasteiger partial charge in [0.2, 0.25) is 15.9 Å². The molecule has 1 aliphatic heterocycles. The van der Waals surface area contributed by atoms with E-state index in [1.165, 1.54) is 4.31 Å². The molecule has 0 atom stereocenters.